The van der Waals surface area contributed by atoms with E-state index in [1.165, 1.54) is 0 Å². The largest absolute Gasteiger partial charge is 0.492 e. The standard InChI is InChI=1S/C21H33N7O/c1-3-20-25-24-18-28(20)11-10-23-21(22-4-2)27-14-12-26(13-15-27)16-17-29-19-8-6-5-7-9-19/h5-9,18H,3-4,10-17H2,1-2H3,(H,22,23). The molecule has 2 heterocycles. The van der Waals surface area contributed by atoms with Gasteiger partial charge in [-0.3, -0.25) is 9.89 Å². The molecular weight excluding hydrogens is 366 g/mol. The van der Waals surface area contributed by atoms with Gasteiger partial charge in [-0.2, -0.15) is 0 Å². The molecule has 3 rings (SSSR count). The Labute approximate surface area is 173 Å². The van der Waals surface area contributed by atoms with E-state index >= 15 is 0 Å². The first-order valence-corrected chi connectivity index (χ1v) is 10.6. The molecule has 0 aliphatic carbocycles. The number of hydrogen-bond acceptors (Lipinski definition) is 5. The van der Waals surface area contributed by atoms with E-state index in [2.05, 4.69) is 43.7 Å². The number of guanidine groups is 1. The molecule has 1 aliphatic heterocycles. The van der Waals surface area contributed by atoms with Crippen LogP contribution in [-0.4, -0.2) is 82.9 Å². The highest BCUT2D eigenvalue weighted by molar-refractivity contribution is 5.80. The van der Waals surface area contributed by atoms with Crippen LogP contribution in [0.5, 0.6) is 5.75 Å². The summed E-state index contributed by atoms with van der Waals surface area (Å²) in [6.07, 6.45) is 2.68. The summed E-state index contributed by atoms with van der Waals surface area (Å²) < 4.78 is 7.91. The molecule has 158 valence electrons. The van der Waals surface area contributed by atoms with Gasteiger partial charge < -0.3 is 19.5 Å². The Hall–Kier alpha value is -2.61. The van der Waals surface area contributed by atoms with Crippen LogP contribution in [0.1, 0.15) is 19.7 Å². The number of rotatable bonds is 9. The Bertz CT molecular complexity index is 738. The van der Waals surface area contributed by atoms with Crippen LogP contribution in [0.25, 0.3) is 0 Å². The second-order valence-corrected chi connectivity index (χ2v) is 7.02. The molecule has 1 fully saturated rings. The van der Waals surface area contributed by atoms with E-state index in [0.717, 1.165) is 82.9 Å². The van der Waals surface area contributed by atoms with Crippen molar-refractivity contribution in [1.29, 1.82) is 0 Å². The first kappa shape index (κ1) is 21.1. The average molecular weight is 400 g/mol. The summed E-state index contributed by atoms with van der Waals surface area (Å²) in [6.45, 7) is 12.3. The quantitative estimate of drug-likeness (QED) is 0.509. The molecule has 0 amide bonds. The van der Waals surface area contributed by atoms with Crippen molar-refractivity contribution in [1.82, 2.24) is 29.9 Å². The van der Waals surface area contributed by atoms with E-state index in [4.69, 9.17) is 9.73 Å². The minimum atomic E-state index is 0.719. The van der Waals surface area contributed by atoms with Gasteiger partial charge in [-0.25, -0.2) is 0 Å². The molecule has 1 aliphatic rings. The van der Waals surface area contributed by atoms with Crippen molar-refractivity contribution in [2.45, 2.75) is 26.8 Å². The summed E-state index contributed by atoms with van der Waals surface area (Å²) >= 11 is 0. The van der Waals surface area contributed by atoms with Gasteiger partial charge in [-0.15, -0.1) is 10.2 Å². The Morgan fingerprint density at radius 3 is 2.62 bits per heavy atom. The minimum Gasteiger partial charge on any atom is -0.492 e. The minimum absolute atomic E-state index is 0.719. The van der Waals surface area contributed by atoms with Gasteiger partial charge in [0.25, 0.3) is 0 Å². The van der Waals surface area contributed by atoms with Crippen molar-refractivity contribution in [3.8, 4) is 5.75 Å². The smallest absolute Gasteiger partial charge is 0.194 e. The molecule has 2 aromatic rings. The maximum absolute atomic E-state index is 5.83. The third-order valence-electron chi connectivity index (χ3n) is 5.04. The van der Waals surface area contributed by atoms with Crippen LogP contribution in [0.2, 0.25) is 0 Å². The molecule has 1 N–H and O–H groups in total. The molecule has 1 aromatic carbocycles. The maximum atomic E-state index is 5.83. The summed E-state index contributed by atoms with van der Waals surface area (Å²) in [5.41, 5.74) is 0. The van der Waals surface area contributed by atoms with Gasteiger partial charge in [0.1, 0.15) is 24.5 Å². The highest BCUT2D eigenvalue weighted by Gasteiger charge is 2.19. The highest BCUT2D eigenvalue weighted by atomic mass is 16.5. The Kier molecular flexibility index (Phi) is 8.30. The van der Waals surface area contributed by atoms with Crippen molar-refractivity contribution in [3.63, 3.8) is 0 Å². The molecule has 0 atom stereocenters. The monoisotopic (exact) mass is 399 g/mol. The Morgan fingerprint density at radius 2 is 1.90 bits per heavy atom. The summed E-state index contributed by atoms with van der Waals surface area (Å²) in [6, 6.07) is 10.0. The zero-order valence-corrected chi connectivity index (χ0v) is 17.6. The average Bonchev–Trinajstić information content (AvgIpc) is 3.22. The summed E-state index contributed by atoms with van der Waals surface area (Å²) in [4.78, 5) is 9.63. The van der Waals surface area contributed by atoms with Crippen LogP contribution >= 0.6 is 0 Å². The lowest BCUT2D eigenvalue weighted by Gasteiger charge is -2.36. The fraction of sp³-hybridized carbons (Fsp3) is 0.571. The van der Waals surface area contributed by atoms with E-state index < -0.39 is 0 Å². The van der Waals surface area contributed by atoms with Gasteiger partial charge in [-0.1, -0.05) is 25.1 Å². The molecule has 8 nitrogen and oxygen atoms in total. The predicted molar refractivity (Wildman–Crippen MR) is 115 cm³/mol. The molecule has 8 heteroatoms. The molecule has 0 saturated carbocycles. The number of ether oxygens (including phenoxy) is 1. The first-order valence-electron chi connectivity index (χ1n) is 10.6. The zero-order valence-electron chi connectivity index (χ0n) is 17.6. The van der Waals surface area contributed by atoms with E-state index in [9.17, 15) is 0 Å². The number of nitrogens with one attached hydrogen (secondary N) is 1. The summed E-state index contributed by atoms with van der Waals surface area (Å²) in [5.74, 6) is 2.95. The van der Waals surface area contributed by atoms with E-state index in [1.54, 1.807) is 6.33 Å². The lowest BCUT2D eigenvalue weighted by molar-refractivity contribution is 0.152. The Balaban J connectivity index is 1.42. The topological polar surface area (TPSA) is 70.8 Å². The fourth-order valence-corrected chi connectivity index (χ4v) is 3.42. The second kappa shape index (κ2) is 11.4. The van der Waals surface area contributed by atoms with Crippen LogP contribution in [0.3, 0.4) is 0 Å². The van der Waals surface area contributed by atoms with E-state index in [-0.39, 0.29) is 0 Å². The molecule has 1 aromatic heterocycles. The highest BCUT2D eigenvalue weighted by Crippen LogP contribution is 2.09. The molecular formula is C21H33N7O. The van der Waals surface area contributed by atoms with Gasteiger partial charge in [0.05, 0.1) is 6.54 Å². The van der Waals surface area contributed by atoms with Crippen LogP contribution in [0.15, 0.2) is 41.7 Å². The zero-order chi connectivity index (χ0) is 20.3. The fourth-order valence-electron chi connectivity index (χ4n) is 3.42. The Morgan fingerprint density at radius 1 is 1.10 bits per heavy atom. The van der Waals surface area contributed by atoms with Crippen LogP contribution < -0.4 is 10.1 Å². The predicted octanol–water partition coefficient (Wildman–Crippen LogP) is 1.50. The number of aryl methyl sites for hydroxylation is 1. The number of nitrogens with zero attached hydrogens (tertiary/aromatic N) is 6. The number of hydrogen-bond donors (Lipinski definition) is 1. The normalized spacial score (nSPS) is 15.5. The molecule has 0 unspecified atom stereocenters. The summed E-state index contributed by atoms with van der Waals surface area (Å²) in [7, 11) is 0. The van der Waals surface area contributed by atoms with Crippen LogP contribution in [0, 0.1) is 0 Å². The van der Waals surface area contributed by atoms with Crippen molar-refractivity contribution in [2.75, 3.05) is 52.4 Å². The number of para-hydroxylation sites is 1. The maximum Gasteiger partial charge on any atom is 0.194 e. The van der Waals surface area contributed by atoms with Crippen molar-refractivity contribution < 1.29 is 4.74 Å². The molecule has 0 bridgehead atoms. The first-order chi connectivity index (χ1) is 14.3. The van der Waals surface area contributed by atoms with Crippen molar-refractivity contribution in [2.24, 2.45) is 4.99 Å². The lowest BCUT2D eigenvalue weighted by Crippen LogP contribution is -2.53. The summed E-state index contributed by atoms with van der Waals surface area (Å²) in [5, 5.41) is 11.6. The number of aliphatic imine (C=N–C) groups is 1. The van der Waals surface area contributed by atoms with Gasteiger partial charge >= 0.3 is 0 Å². The van der Waals surface area contributed by atoms with Gasteiger partial charge in [0, 0.05) is 52.2 Å². The van der Waals surface area contributed by atoms with E-state index in [0.29, 0.717) is 0 Å². The van der Waals surface area contributed by atoms with Crippen LogP contribution in [0.4, 0.5) is 0 Å². The number of piperazine rings is 1. The number of aromatic nitrogens is 3. The molecule has 1 saturated heterocycles. The third-order valence-corrected chi connectivity index (χ3v) is 5.04. The SMILES string of the molecule is CCNC(=NCCn1cnnc1CC)N1CCN(CCOc2ccccc2)CC1. The molecule has 0 spiro atoms. The van der Waals surface area contributed by atoms with Gasteiger partial charge in [0.2, 0.25) is 0 Å². The van der Waals surface area contributed by atoms with Crippen LogP contribution in [-0.2, 0) is 13.0 Å². The number of benzene rings is 1. The van der Waals surface area contributed by atoms with Gasteiger partial charge in [-0.05, 0) is 19.1 Å². The van der Waals surface area contributed by atoms with E-state index in [1.807, 2.05) is 30.3 Å². The lowest BCUT2D eigenvalue weighted by atomic mass is 10.3. The third kappa shape index (κ3) is 6.45. The van der Waals surface area contributed by atoms with Crippen molar-refractivity contribution in [3.05, 3.63) is 42.5 Å². The van der Waals surface area contributed by atoms with Gasteiger partial charge in [0.15, 0.2) is 5.96 Å². The molecule has 0 radical (unpaired) electrons. The molecule has 29 heavy (non-hydrogen) atoms. The second-order valence-electron chi connectivity index (χ2n) is 7.02. The van der Waals surface area contributed by atoms with Crippen molar-refractivity contribution >= 4 is 5.96 Å².